The minimum Gasteiger partial charge on any atom is -0.465 e. The summed E-state index contributed by atoms with van der Waals surface area (Å²) < 4.78 is 40.4. The summed E-state index contributed by atoms with van der Waals surface area (Å²) >= 11 is 0. The lowest BCUT2D eigenvalue weighted by atomic mass is 10.0. The second-order valence-corrected chi connectivity index (χ2v) is 8.07. The molecule has 1 fully saturated rings. The molecule has 0 radical (unpaired) electrons. The van der Waals surface area contributed by atoms with Crippen molar-refractivity contribution in [1.29, 1.82) is 5.26 Å². The predicted octanol–water partition coefficient (Wildman–Crippen LogP) is 1.39. The highest BCUT2D eigenvalue weighted by Crippen LogP contribution is 2.64. The van der Waals surface area contributed by atoms with E-state index in [1.165, 1.54) is 6.92 Å². The molecular weight excluding hydrogens is 334 g/mol. The molecule has 1 saturated carbocycles. The average molecular weight is 351 g/mol. The molecule has 24 heavy (non-hydrogen) atoms. The highest BCUT2D eigenvalue weighted by molar-refractivity contribution is 7.92. The maximum Gasteiger partial charge on any atom is 0.328 e. The molecule has 0 amide bonds. The zero-order valence-corrected chi connectivity index (χ0v) is 14.1. The van der Waals surface area contributed by atoms with Gasteiger partial charge in [-0.3, -0.25) is 4.79 Å². The van der Waals surface area contributed by atoms with Gasteiger partial charge in [0, 0.05) is 11.7 Å². The standard InChI is InChI=1S/C16H17NO6S/c1-3-21-15(18)16(8-17)13(14(16)24(19,20)4-2)10-5-6-11-12(7-10)23-9-22-11/h5-7,13-14H,3-4,9H2,1-2H3. The molecule has 3 rings (SSSR count). The number of carbonyl (C=O) groups excluding carboxylic acids is 1. The van der Waals surface area contributed by atoms with E-state index in [1.54, 1.807) is 25.1 Å². The van der Waals surface area contributed by atoms with Gasteiger partial charge < -0.3 is 14.2 Å². The first-order valence-corrected chi connectivity index (χ1v) is 9.33. The molecule has 8 heteroatoms. The van der Waals surface area contributed by atoms with E-state index >= 15 is 0 Å². The van der Waals surface area contributed by atoms with Crippen LogP contribution in [0.1, 0.15) is 25.3 Å². The second kappa shape index (κ2) is 5.67. The van der Waals surface area contributed by atoms with Gasteiger partial charge >= 0.3 is 5.97 Å². The van der Waals surface area contributed by atoms with Gasteiger partial charge in [-0.05, 0) is 24.6 Å². The summed E-state index contributed by atoms with van der Waals surface area (Å²) in [4.78, 5) is 12.4. The Labute approximate surface area is 140 Å². The number of rotatable bonds is 5. The SMILES string of the molecule is CCOC(=O)C1(C#N)C(c2ccc3c(c2)OCO3)C1S(=O)(=O)CC. The van der Waals surface area contributed by atoms with Gasteiger partial charge in [-0.2, -0.15) is 5.26 Å². The predicted molar refractivity (Wildman–Crippen MR) is 83.2 cm³/mol. The third-order valence-electron chi connectivity index (χ3n) is 4.48. The van der Waals surface area contributed by atoms with Gasteiger partial charge in [-0.15, -0.1) is 0 Å². The summed E-state index contributed by atoms with van der Waals surface area (Å²) in [5.41, 5.74) is -1.16. The van der Waals surface area contributed by atoms with Gasteiger partial charge in [0.2, 0.25) is 6.79 Å². The summed E-state index contributed by atoms with van der Waals surface area (Å²) in [7, 11) is -3.61. The van der Waals surface area contributed by atoms with Crippen molar-refractivity contribution in [1.82, 2.24) is 0 Å². The van der Waals surface area contributed by atoms with Crippen molar-refractivity contribution >= 4 is 15.8 Å². The first-order chi connectivity index (χ1) is 11.4. The fraction of sp³-hybridized carbons (Fsp3) is 0.500. The van der Waals surface area contributed by atoms with Crippen LogP contribution in [0, 0.1) is 16.7 Å². The smallest absolute Gasteiger partial charge is 0.328 e. The van der Waals surface area contributed by atoms with Crippen LogP contribution in [0.3, 0.4) is 0 Å². The van der Waals surface area contributed by atoms with E-state index in [-0.39, 0.29) is 19.2 Å². The van der Waals surface area contributed by atoms with E-state index in [0.717, 1.165) is 0 Å². The fourth-order valence-corrected chi connectivity index (χ4v) is 5.17. The Morgan fingerprint density at radius 1 is 1.38 bits per heavy atom. The first-order valence-electron chi connectivity index (χ1n) is 7.62. The minimum absolute atomic E-state index is 0.0784. The first kappa shape index (κ1) is 16.6. The molecule has 0 saturated heterocycles. The molecule has 3 unspecified atom stereocenters. The number of hydrogen-bond acceptors (Lipinski definition) is 7. The lowest BCUT2D eigenvalue weighted by Crippen LogP contribution is -2.26. The van der Waals surface area contributed by atoms with Gasteiger partial charge in [-0.1, -0.05) is 13.0 Å². The molecule has 0 N–H and O–H groups in total. The van der Waals surface area contributed by atoms with Crippen LogP contribution < -0.4 is 9.47 Å². The van der Waals surface area contributed by atoms with Crippen molar-refractivity contribution < 1.29 is 27.4 Å². The van der Waals surface area contributed by atoms with Crippen LogP contribution in [-0.2, 0) is 19.4 Å². The van der Waals surface area contributed by atoms with Crippen molar-refractivity contribution in [3.8, 4) is 17.6 Å². The summed E-state index contributed by atoms with van der Waals surface area (Å²) in [5, 5.41) is 8.53. The van der Waals surface area contributed by atoms with E-state index in [4.69, 9.17) is 14.2 Å². The largest absolute Gasteiger partial charge is 0.465 e. The van der Waals surface area contributed by atoms with Gasteiger partial charge in [-0.25, -0.2) is 8.42 Å². The number of esters is 1. The monoisotopic (exact) mass is 351 g/mol. The minimum atomic E-state index is -3.61. The van der Waals surface area contributed by atoms with Crippen LogP contribution in [0.2, 0.25) is 0 Å². The summed E-state index contributed by atoms with van der Waals surface area (Å²) in [6.45, 7) is 3.28. The van der Waals surface area contributed by atoms with Gasteiger partial charge in [0.05, 0.1) is 12.7 Å². The Bertz CT molecular complexity index is 827. The zero-order chi connectivity index (χ0) is 17.5. The number of nitrogens with zero attached hydrogens (tertiary/aromatic N) is 1. The Morgan fingerprint density at radius 3 is 2.71 bits per heavy atom. The molecule has 3 atom stereocenters. The summed E-state index contributed by atoms with van der Waals surface area (Å²) in [6.07, 6.45) is 0. The van der Waals surface area contributed by atoms with E-state index in [2.05, 4.69) is 0 Å². The summed E-state index contributed by atoms with van der Waals surface area (Å²) in [6, 6.07) is 6.86. The quantitative estimate of drug-likeness (QED) is 0.739. The van der Waals surface area contributed by atoms with Crippen LogP contribution >= 0.6 is 0 Å². The fourth-order valence-electron chi connectivity index (χ4n) is 3.24. The molecule has 1 aromatic rings. The zero-order valence-electron chi connectivity index (χ0n) is 13.3. The number of carbonyl (C=O) groups is 1. The van der Waals surface area contributed by atoms with Gasteiger partial charge in [0.1, 0.15) is 5.25 Å². The molecule has 1 aliphatic heterocycles. The topological polar surface area (TPSA) is 103 Å². The molecule has 2 aliphatic rings. The van der Waals surface area contributed by atoms with Crippen LogP contribution in [0.25, 0.3) is 0 Å². The normalized spacial score (nSPS) is 27.4. The maximum absolute atomic E-state index is 12.4. The van der Waals surface area contributed by atoms with Crippen molar-refractivity contribution in [2.24, 2.45) is 5.41 Å². The Kier molecular flexibility index (Phi) is 3.92. The highest BCUT2D eigenvalue weighted by atomic mass is 32.2. The van der Waals surface area contributed by atoms with Gasteiger partial charge in [0.15, 0.2) is 26.8 Å². The molecule has 1 heterocycles. The molecule has 0 spiro atoms. The number of benzene rings is 1. The van der Waals surface area contributed by atoms with Crippen molar-refractivity contribution in [2.75, 3.05) is 19.2 Å². The Morgan fingerprint density at radius 2 is 2.08 bits per heavy atom. The van der Waals surface area contributed by atoms with Crippen molar-refractivity contribution in [2.45, 2.75) is 25.0 Å². The van der Waals surface area contributed by atoms with Crippen LogP contribution in [0.15, 0.2) is 18.2 Å². The van der Waals surface area contributed by atoms with Crippen molar-refractivity contribution in [3.63, 3.8) is 0 Å². The molecule has 1 aromatic carbocycles. The highest BCUT2D eigenvalue weighted by Gasteiger charge is 2.77. The van der Waals surface area contributed by atoms with Crippen LogP contribution in [-0.4, -0.2) is 38.8 Å². The lowest BCUT2D eigenvalue weighted by molar-refractivity contribution is -0.147. The third kappa shape index (κ3) is 2.23. The molecule has 128 valence electrons. The number of ether oxygens (including phenoxy) is 3. The molecule has 7 nitrogen and oxygen atoms in total. The van der Waals surface area contributed by atoms with E-state index < -0.39 is 32.4 Å². The van der Waals surface area contributed by atoms with E-state index in [1.807, 2.05) is 6.07 Å². The molecule has 1 aliphatic carbocycles. The third-order valence-corrected chi connectivity index (χ3v) is 6.70. The van der Waals surface area contributed by atoms with Gasteiger partial charge in [0.25, 0.3) is 0 Å². The average Bonchev–Trinajstić information content (AvgIpc) is 3.07. The number of hydrogen-bond donors (Lipinski definition) is 0. The number of fused-ring (bicyclic) bond motifs is 1. The van der Waals surface area contributed by atoms with Crippen molar-refractivity contribution in [3.05, 3.63) is 23.8 Å². The van der Waals surface area contributed by atoms with E-state index in [9.17, 15) is 18.5 Å². The number of sulfone groups is 1. The second-order valence-electron chi connectivity index (χ2n) is 5.66. The Hall–Kier alpha value is -2.27. The Balaban J connectivity index is 2.07. The molecule has 0 aromatic heterocycles. The molecule has 0 bridgehead atoms. The molecular formula is C16H17NO6S. The lowest BCUT2D eigenvalue weighted by Gasteiger charge is -2.08. The van der Waals surface area contributed by atoms with Crippen LogP contribution in [0.4, 0.5) is 0 Å². The van der Waals surface area contributed by atoms with Crippen LogP contribution in [0.5, 0.6) is 11.5 Å². The number of nitriles is 1. The van der Waals surface area contributed by atoms with E-state index in [0.29, 0.717) is 17.1 Å². The maximum atomic E-state index is 12.4. The summed E-state index contributed by atoms with van der Waals surface area (Å²) in [5.74, 6) is -0.699.